The van der Waals surface area contributed by atoms with Crippen molar-refractivity contribution in [2.45, 2.75) is 19.3 Å². The lowest BCUT2D eigenvalue weighted by Gasteiger charge is -2.26. The number of hydrogen-bond acceptors (Lipinski definition) is 3. The fourth-order valence-electron chi connectivity index (χ4n) is 8.96. The van der Waals surface area contributed by atoms with Gasteiger partial charge in [-0.15, -0.1) is 0 Å². The molecule has 0 N–H and O–H groups in total. The molecule has 0 aliphatic heterocycles. The summed E-state index contributed by atoms with van der Waals surface area (Å²) in [5, 5.41) is 2.39. The van der Waals surface area contributed by atoms with Crippen LogP contribution in [0.1, 0.15) is 25.0 Å². The minimum absolute atomic E-state index is 0.0356. The third kappa shape index (κ3) is 4.86. The number of anilines is 3. The van der Waals surface area contributed by atoms with Gasteiger partial charge in [-0.25, -0.2) is 4.98 Å². The van der Waals surface area contributed by atoms with Crippen LogP contribution in [0.5, 0.6) is 0 Å². The Balaban J connectivity index is 0.964. The Bertz CT molecular complexity index is 2910. The predicted molar refractivity (Wildman–Crippen MR) is 227 cm³/mol. The van der Waals surface area contributed by atoms with Crippen molar-refractivity contribution in [3.8, 4) is 67.4 Å². The van der Waals surface area contributed by atoms with Crippen molar-refractivity contribution in [1.82, 2.24) is 4.98 Å². The smallest absolute Gasteiger partial charge is 0.227 e. The second kappa shape index (κ2) is 12.0. The Labute approximate surface area is 320 Å². The predicted octanol–water partition coefficient (Wildman–Crippen LogP) is 14.3. The first kappa shape index (κ1) is 31.5. The average molecular weight is 705 g/mol. The molecule has 0 fully saturated rings. The third-order valence-corrected chi connectivity index (χ3v) is 11.7. The molecule has 0 amide bonds. The molecule has 9 aromatic rings. The molecule has 0 unspecified atom stereocenters. The minimum Gasteiger partial charge on any atom is -0.435 e. The molecule has 11 rings (SSSR count). The van der Waals surface area contributed by atoms with E-state index in [1.165, 1.54) is 49.7 Å². The fraction of sp³-hybridized carbons (Fsp3) is 0.0577. The van der Waals surface area contributed by atoms with Gasteiger partial charge in [-0.05, 0) is 104 Å². The molecule has 2 aliphatic carbocycles. The zero-order valence-electron chi connectivity index (χ0n) is 30.6. The summed E-state index contributed by atoms with van der Waals surface area (Å²) in [6, 6.07) is 65.4. The van der Waals surface area contributed by atoms with Crippen molar-refractivity contribution in [2.75, 3.05) is 4.90 Å². The summed E-state index contributed by atoms with van der Waals surface area (Å²) in [5.41, 5.74) is 17.6. The number of oxazole rings is 1. The van der Waals surface area contributed by atoms with E-state index in [0.29, 0.717) is 5.89 Å². The van der Waals surface area contributed by atoms with Crippen LogP contribution < -0.4 is 4.90 Å². The van der Waals surface area contributed by atoms with Crippen LogP contribution in [0, 0.1) is 0 Å². The van der Waals surface area contributed by atoms with E-state index in [9.17, 15) is 0 Å². The molecule has 1 aromatic heterocycles. The molecule has 0 radical (unpaired) electrons. The molecule has 0 spiro atoms. The van der Waals surface area contributed by atoms with Crippen molar-refractivity contribution >= 4 is 27.8 Å². The number of para-hydroxylation sites is 1. The summed E-state index contributed by atoms with van der Waals surface area (Å²) in [6.07, 6.45) is 0. The van der Waals surface area contributed by atoms with Gasteiger partial charge < -0.3 is 9.32 Å². The number of hydrogen-bond donors (Lipinski definition) is 0. The second-order valence-corrected chi connectivity index (χ2v) is 15.2. The standard InChI is InChI=1S/C52H36N2O/c1-52(2)46-22-10-9-19-41(46)42-28-25-35(32-47(42)52)33-23-26-38(27-24-33)54(37-16-7-4-8-17-37)39-18-11-15-36(31-39)40-29-30-44-48-43(40)20-12-21-45(48)50-49(44)53-51(55-50)34-13-5-3-6-14-34/h3-32H,1-2H3. The van der Waals surface area contributed by atoms with Gasteiger partial charge >= 0.3 is 0 Å². The summed E-state index contributed by atoms with van der Waals surface area (Å²) in [4.78, 5) is 7.34. The molecular weight excluding hydrogens is 669 g/mol. The number of nitrogens with zero attached hydrogens (tertiary/aromatic N) is 2. The van der Waals surface area contributed by atoms with E-state index >= 15 is 0 Å². The highest BCUT2D eigenvalue weighted by molar-refractivity contribution is 6.17. The number of benzene rings is 8. The van der Waals surface area contributed by atoms with Crippen LogP contribution in [0.4, 0.5) is 17.1 Å². The van der Waals surface area contributed by atoms with E-state index in [-0.39, 0.29) is 5.41 Å². The Hall–Kier alpha value is -6.97. The minimum atomic E-state index is -0.0356. The van der Waals surface area contributed by atoms with Crippen molar-refractivity contribution in [3.63, 3.8) is 0 Å². The molecule has 1 heterocycles. The normalized spacial score (nSPS) is 13.1. The number of rotatable bonds is 6. The molecule has 8 aromatic carbocycles. The van der Waals surface area contributed by atoms with Crippen LogP contribution in [-0.4, -0.2) is 4.98 Å². The first-order valence-electron chi connectivity index (χ1n) is 19.0. The van der Waals surface area contributed by atoms with Gasteiger partial charge in [-0.2, -0.15) is 0 Å². The summed E-state index contributed by atoms with van der Waals surface area (Å²) < 4.78 is 6.44. The van der Waals surface area contributed by atoms with Gasteiger partial charge in [0.2, 0.25) is 5.89 Å². The van der Waals surface area contributed by atoms with E-state index < -0.39 is 0 Å². The highest BCUT2D eigenvalue weighted by atomic mass is 16.4. The lowest BCUT2D eigenvalue weighted by atomic mass is 9.81. The van der Waals surface area contributed by atoms with Crippen LogP contribution in [0.3, 0.4) is 0 Å². The third-order valence-electron chi connectivity index (χ3n) is 11.7. The fourth-order valence-corrected chi connectivity index (χ4v) is 8.96. The van der Waals surface area contributed by atoms with Crippen LogP contribution in [0.2, 0.25) is 0 Å². The maximum Gasteiger partial charge on any atom is 0.227 e. The number of fused-ring (bicyclic) bond motifs is 6. The Morgan fingerprint density at radius 1 is 0.436 bits per heavy atom. The molecule has 55 heavy (non-hydrogen) atoms. The van der Waals surface area contributed by atoms with Crippen molar-refractivity contribution in [2.24, 2.45) is 0 Å². The topological polar surface area (TPSA) is 29.3 Å². The first-order chi connectivity index (χ1) is 27.0. The van der Waals surface area contributed by atoms with Crippen molar-refractivity contribution in [1.29, 1.82) is 0 Å². The van der Waals surface area contributed by atoms with E-state index in [1.54, 1.807) is 0 Å². The van der Waals surface area contributed by atoms with Crippen LogP contribution in [0.15, 0.2) is 186 Å². The highest BCUT2D eigenvalue weighted by Crippen LogP contribution is 2.52. The zero-order chi connectivity index (χ0) is 36.7. The summed E-state index contributed by atoms with van der Waals surface area (Å²) >= 11 is 0. The van der Waals surface area contributed by atoms with E-state index in [1.807, 2.05) is 30.3 Å². The quantitative estimate of drug-likeness (QED) is 0.173. The van der Waals surface area contributed by atoms with Crippen LogP contribution >= 0.6 is 0 Å². The molecular formula is C52H36N2O. The molecule has 0 saturated heterocycles. The molecule has 0 saturated carbocycles. The van der Waals surface area contributed by atoms with Crippen molar-refractivity contribution < 1.29 is 4.42 Å². The molecule has 260 valence electrons. The van der Waals surface area contributed by atoms with Crippen LogP contribution in [0.25, 0.3) is 78.2 Å². The maximum absolute atomic E-state index is 6.44. The molecule has 3 heteroatoms. The second-order valence-electron chi connectivity index (χ2n) is 15.2. The summed E-state index contributed by atoms with van der Waals surface area (Å²) in [7, 11) is 0. The molecule has 0 bridgehead atoms. The van der Waals surface area contributed by atoms with Gasteiger partial charge in [0.05, 0.1) is 0 Å². The molecule has 2 aliphatic rings. The first-order valence-corrected chi connectivity index (χ1v) is 19.0. The van der Waals surface area contributed by atoms with Gasteiger partial charge in [-0.3, -0.25) is 0 Å². The van der Waals surface area contributed by atoms with E-state index in [2.05, 4.69) is 170 Å². The Morgan fingerprint density at radius 2 is 1.05 bits per heavy atom. The molecule has 0 atom stereocenters. The lowest BCUT2D eigenvalue weighted by Crippen LogP contribution is -2.14. The number of aromatic nitrogens is 1. The van der Waals surface area contributed by atoms with Crippen LogP contribution in [-0.2, 0) is 5.41 Å². The monoisotopic (exact) mass is 704 g/mol. The summed E-state index contributed by atoms with van der Waals surface area (Å²) in [5.74, 6) is 1.50. The molecule has 3 nitrogen and oxygen atoms in total. The van der Waals surface area contributed by atoms with Gasteiger partial charge in [0.25, 0.3) is 0 Å². The Kier molecular flexibility index (Phi) is 6.90. The van der Waals surface area contributed by atoms with Gasteiger partial charge in [0.15, 0.2) is 5.76 Å². The largest absolute Gasteiger partial charge is 0.435 e. The van der Waals surface area contributed by atoms with E-state index in [0.717, 1.165) is 50.8 Å². The van der Waals surface area contributed by atoms with E-state index in [4.69, 9.17) is 9.40 Å². The van der Waals surface area contributed by atoms with Gasteiger partial charge in [-0.1, -0.05) is 141 Å². The summed E-state index contributed by atoms with van der Waals surface area (Å²) in [6.45, 7) is 4.68. The van der Waals surface area contributed by atoms with Gasteiger partial charge in [0.1, 0.15) is 5.69 Å². The van der Waals surface area contributed by atoms with Crippen molar-refractivity contribution in [3.05, 3.63) is 193 Å². The zero-order valence-corrected chi connectivity index (χ0v) is 30.6. The highest BCUT2D eigenvalue weighted by Gasteiger charge is 2.35. The maximum atomic E-state index is 6.44. The average Bonchev–Trinajstić information content (AvgIpc) is 3.88. The Morgan fingerprint density at radius 3 is 1.89 bits per heavy atom. The SMILES string of the molecule is CC1(C)c2ccccc2-c2ccc(-c3ccc(N(c4ccccc4)c4cccc(-c5ccc6c7c(cccc57)-c5oc(-c7ccccc7)nc5-6)c4)cc3)cc21. The lowest BCUT2D eigenvalue weighted by molar-refractivity contribution is 0.590. The van der Waals surface area contributed by atoms with Gasteiger partial charge in [0, 0.05) is 44.6 Å².